The van der Waals surface area contributed by atoms with Crippen LogP contribution in [0.1, 0.15) is 19.8 Å². The van der Waals surface area contributed by atoms with Crippen molar-refractivity contribution in [2.75, 3.05) is 19.6 Å². The zero-order valence-corrected chi connectivity index (χ0v) is 8.15. The highest BCUT2D eigenvalue weighted by Gasteiger charge is 2.51. The lowest BCUT2D eigenvalue weighted by Gasteiger charge is -2.34. The third kappa shape index (κ3) is 1.37. The molecule has 5 nitrogen and oxygen atoms in total. The van der Waals surface area contributed by atoms with Crippen molar-refractivity contribution in [2.45, 2.75) is 25.4 Å². The molecule has 2 fully saturated rings. The smallest absolute Gasteiger partial charge is 0.431 e. The molecule has 1 radical (unpaired) electrons. The van der Waals surface area contributed by atoms with Gasteiger partial charge in [-0.2, -0.15) is 0 Å². The molecule has 2 aliphatic heterocycles. The summed E-state index contributed by atoms with van der Waals surface area (Å²) in [4.78, 5) is 24.5. The third-order valence-electron chi connectivity index (χ3n) is 2.98. The van der Waals surface area contributed by atoms with Gasteiger partial charge in [-0.05, 0) is 6.54 Å². The molecule has 0 atom stereocenters. The van der Waals surface area contributed by atoms with Crippen LogP contribution in [-0.4, -0.2) is 42.1 Å². The van der Waals surface area contributed by atoms with Gasteiger partial charge >= 0.3 is 6.09 Å². The average Bonchev–Trinajstić information content (AvgIpc) is 2.43. The fourth-order valence-electron chi connectivity index (χ4n) is 1.96. The molecule has 0 saturated carbocycles. The Morgan fingerprint density at radius 3 is 2.50 bits per heavy atom. The monoisotopic (exact) mass is 197 g/mol. The molecule has 77 valence electrons. The summed E-state index contributed by atoms with van der Waals surface area (Å²) >= 11 is 0. The summed E-state index contributed by atoms with van der Waals surface area (Å²) in [6.07, 6.45) is 0.434. The summed E-state index contributed by atoms with van der Waals surface area (Å²) in [6, 6.07) is 0. The SMILES string of the molecule is CCN1CCC2(CC1)OC(=O)[N]C2=O. The number of likely N-dealkylation sites (tertiary alicyclic amines) is 1. The van der Waals surface area contributed by atoms with Gasteiger partial charge in [0.2, 0.25) is 0 Å². The van der Waals surface area contributed by atoms with Gasteiger partial charge < -0.3 is 9.64 Å². The van der Waals surface area contributed by atoms with E-state index >= 15 is 0 Å². The van der Waals surface area contributed by atoms with Crippen molar-refractivity contribution in [1.82, 2.24) is 10.2 Å². The molecule has 14 heavy (non-hydrogen) atoms. The largest absolute Gasteiger partial charge is 0.437 e. The molecule has 0 aliphatic carbocycles. The van der Waals surface area contributed by atoms with Crippen LogP contribution in [0.3, 0.4) is 0 Å². The predicted octanol–water partition coefficient (Wildman–Crippen LogP) is 0.122. The number of ether oxygens (including phenoxy) is 1. The van der Waals surface area contributed by atoms with Gasteiger partial charge in [-0.25, -0.2) is 4.79 Å². The number of carbonyl (C=O) groups is 2. The lowest BCUT2D eigenvalue weighted by molar-refractivity contribution is -0.135. The topological polar surface area (TPSA) is 60.7 Å². The maximum absolute atomic E-state index is 11.4. The fourth-order valence-corrected chi connectivity index (χ4v) is 1.96. The summed E-state index contributed by atoms with van der Waals surface area (Å²) < 4.78 is 5.01. The lowest BCUT2D eigenvalue weighted by atomic mass is 9.91. The molecule has 2 aliphatic rings. The number of piperidine rings is 1. The molecule has 0 N–H and O–H groups in total. The molecular weight excluding hydrogens is 184 g/mol. The highest BCUT2D eigenvalue weighted by Crippen LogP contribution is 2.30. The van der Waals surface area contributed by atoms with Crippen molar-refractivity contribution in [3.63, 3.8) is 0 Å². The Morgan fingerprint density at radius 2 is 2.07 bits per heavy atom. The van der Waals surface area contributed by atoms with E-state index in [0.29, 0.717) is 12.8 Å². The second-order valence-electron chi connectivity index (χ2n) is 3.71. The van der Waals surface area contributed by atoms with Gasteiger partial charge in [0.15, 0.2) is 5.60 Å². The molecule has 2 saturated heterocycles. The second kappa shape index (κ2) is 3.24. The Kier molecular flexibility index (Phi) is 2.19. The van der Waals surface area contributed by atoms with Crippen LogP contribution in [-0.2, 0) is 9.53 Å². The first kappa shape index (κ1) is 9.45. The molecule has 0 aromatic carbocycles. The number of hydrogen-bond donors (Lipinski definition) is 0. The quantitative estimate of drug-likeness (QED) is 0.599. The van der Waals surface area contributed by atoms with Crippen LogP contribution in [0.4, 0.5) is 4.79 Å². The fraction of sp³-hybridized carbons (Fsp3) is 0.778. The van der Waals surface area contributed by atoms with E-state index < -0.39 is 17.6 Å². The number of carbonyl (C=O) groups excluding carboxylic acids is 2. The van der Waals surface area contributed by atoms with Gasteiger partial charge in [-0.1, -0.05) is 6.92 Å². The normalized spacial score (nSPS) is 26.4. The molecule has 5 heteroatoms. The molecule has 0 aromatic rings. The number of imide groups is 1. The van der Waals surface area contributed by atoms with Crippen LogP contribution in [0, 0.1) is 0 Å². The molecule has 2 rings (SSSR count). The molecule has 1 spiro atoms. The minimum Gasteiger partial charge on any atom is -0.431 e. The maximum Gasteiger partial charge on any atom is 0.437 e. The Morgan fingerprint density at radius 1 is 1.43 bits per heavy atom. The van der Waals surface area contributed by atoms with E-state index in [1.54, 1.807) is 0 Å². The highest BCUT2D eigenvalue weighted by atomic mass is 16.6. The second-order valence-corrected chi connectivity index (χ2v) is 3.71. The summed E-state index contributed by atoms with van der Waals surface area (Å²) in [5.41, 5.74) is -0.914. The number of rotatable bonds is 1. The van der Waals surface area contributed by atoms with E-state index in [1.807, 2.05) is 0 Å². The first-order chi connectivity index (χ1) is 6.66. The molecule has 0 bridgehead atoms. The van der Waals surface area contributed by atoms with Gasteiger partial charge in [-0.15, -0.1) is 5.32 Å². The molecule has 2 heterocycles. The van der Waals surface area contributed by atoms with Crippen LogP contribution >= 0.6 is 0 Å². The van der Waals surface area contributed by atoms with Gasteiger partial charge in [0.05, 0.1) is 0 Å². The van der Waals surface area contributed by atoms with Crippen molar-refractivity contribution < 1.29 is 14.3 Å². The van der Waals surface area contributed by atoms with E-state index in [4.69, 9.17) is 4.74 Å². The Balaban J connectivity index is 2.05. The van der Waals surface area contributed by atoms with Crippen molar-refractivity contribution >= 4 is 12.0 Å². The molecule has 0 aromatic heterocycles. The van der Waals surface area contributed by atoms with E-state index in [-0.39, 0.29) is 0 Å². The van der Waals surface area contributed by atoms with Crippen molar-refractivity contribution in [3.8, 4) is 0 Å². The molecule has 2 amide bonds. The zero-order valence-electron chi connectivity index (χ0n) is 8.15. The summed E-state index contributed by atoms with van der Waals surface area (Å²) in [5, 5.41) is 3.30. The van der Waals surface area contributed by atoms with Crippen LogP contribution in [0.25, 0.3) is 0 Å². The number of amides is 2. The first-order valence-corrected chi connectivity index (χ1v) is 4.88. The van der Waals surface area contributed by atoms with Crippen molar-refractivity contribution in [3.05, 3.63) is 0 Å². The van der Waals surface area contributed by atoms with Crippen LogP contribution in [0.5, 0.6) is 0 Å². The lowest BCUT2D eigenvalue weighted by Crippen LogP contribution is -2.48. The zero-order chi connectivity index (χ0) is 10.2. The molecule has 0 unspecified atom stereocenters. The predicted molar refractivity (Wildman–Crippen MR) is 47.7 cm³/mol. The van der Waals surface area contributed by atoms with Crippen molar-refractivity contribution in [1.29, 1.82) is 0 Å². The number of nitrogens with zero attached hydrogens (tertiary/aromatic N) is 2. The van der Waals surface area contributed by atoms with Gasteiger partial charge in [-0.3, -0.25) is 4.79 Å². The highest BCUT2D eigenvalue weighted by molar-refractivity contribution is 6.02. The maximum atomic E-state index is 11.4. The van der Waals surface area contributed by atoms with Crippen molar-refractivity contribution in [2.24, 2.45) is 0 Å². The summed E-state index contributed by atoms with van der Waals surface area (Å²) in [5.74, 6) is -0.391. The van der Waals surface area contributed by atoms with Crippen LogP contribution in [0.15, 0.2) is 0 Å². The minimum atomic E-state index is -0.914. The standard InChI is InChI=1S/C9H13N2O3/c1-2-11-5-3-9(4-6-11)7(12)10-8(13)14-9/h2-6H2,1H3. The van der Waals surface area contributed by atoms with E-state index in [1.165, 1.54) is 0 Å². The summed E-state index contributed by atoms with van der Waals surface area (Å²) in [7, 11) is 0. The minimum absolute atomic E-state index is 0.391. The summed E-state index contributed by atoms with van der Waals surface area (Å²) in [6.45, 7) is 4.64. The van der Waals surface area contributed by atoms with Crippen LogP contribution in [0.2, 0.25) is 0 Å². The van der Waals surface area contributed by atoms with E-state index in [2.05, 4.69) is 17.1 Å². The molecular formula is C9H13N2O3. The third-order valence-corrected chi connectivity index (χ3v) is 2.98. The Labute approximate surface area is 82.4 Å². The Hall–Kier alpha value is -1.10. The Bertz CT molecular complexity index is 269. The number of hydrogen-bond acceptors (Lipinski definition) is 4. The first-order valence-electron chi connectivity index (χ1n) is 4.88. The van der Waals surface area contributed by atoms with E-state index in [0.717, 1.165) is 19.6 Å². The van der Waals surface area contributed by atoms with Crippen LogP contribution < -0.4 is 5.32 Å². The van der Waals surface area contributed by atoms with E-state index in [9.17, 15) is 9.59 Å². The van der Waals surface area contributed by atoms with Gasteiger partial charge in [0, 0.05) is 25.9 Å². The average molecular weight is 197 g/mol. The van der Waals surface area contributed by atoms with Gasteiger partial charge in [0.25, 0.3) is 5.91 Å². The van der Waals surface area contributed by atoms with Gasteiger partial charge in [0.1, 0.15) is 0 Å².